The number of aliphatic hydroxyl groups excluding tert-OH is 1. The number of nitrogens with zero attached hydrogens (tertiary/aromatic N) is 2. The molecule has 2 aliphatic heterocycles. The minimum Gasteiger partial charge on any atom is -0.396 e. The van der Waals surface area contributed by atoms with Crippen molar-refractivity contribution in [1.29, 1.82) is 0 Å². The van der Waals surface area contributed by atoms with E-state index in [-0.39, 0.29) is 0 Å². The smallest absolute Gasteiger partial charge is 0.0434 e. The summed E-state index contributed by atoms with van der Waals surface area (Å²) >= 11 is 0. The van der Waals surface area contributed by atoms with Gasteiger partial charge in [0.25, 0.3) is 0 Å². The maximum atomic E-state index is 9.19. The molecular formula is C14H30N4O. The van der Waals surface area contributed by atoms with E-state index in [1.165, 1.54) is 26.1 Å². The van der Waals surface area contributed by atoms with Crippen LogP contribution in [0.5, 0.6) is 0 Å². The highest BCUT2D eigenvalue weighted by atomic mass is 16.3. The zero-order chi connectivity index (χ0) is 13.3. The summed E-state index contributed by atoms with van der Waals surface area (Å²) in [4.78, 5) is 5.15. The predicted molar refractivity (Wildman–Crippen MR) is 78.4 cm³/mol. The van der Waals surface area contributed by atoms with Crippen LogP contribution in [-0.4, -0.2) is 87.0 Å². The Morgan fingerprint density at radius 3 is 2.58 bits per heavy atom. The lowest BCUT2D eigenvalue weighted by atomic mass is 10.0. The van der Waals surface area contributed by atoms with Gasteiger partial charge in [0, 0.05) is 52.4 Å². The van der Waals surface area contributed by atoms with Gasteiger partial charge in [-0.1, -0.05) is 0 Å². The van der Waals surface area contributed by atoms with E-state index < -0.39 is 0 Å². The molecule has 0 spiro atoms. The van der Waals surface area contributed by atoms with Crippen molar-refractivity contribution in [2.24, 2.45) is 5.92 Å². The molecule has 2 aliphatic rings. The number of rotatable bonds is 2. The second-order valence-corrected chi connectivity index (χ2v) is 5.83. The molecule has 3 atom stereocenters. The quantitative estimate of drug-likeness (QED) is 0.612. The van der Waals surface area contributed by atoms with Crippen LogP contribution in [0.1, 0.15) is 12.8 Å². The third-order valence-electron chi connectivity index (χ3n) is 4.26. The lowest BCUT2D eigenvalue weighted by Crippen LogP contribution is -2.47. The maximum Gasteiger partial charge on any atom is 0.0434 e. The average Bonchev–Trinajstić information content (AvgIpc) is 2.43. The van der Waals surface area contributed by atoms with Gasteiger partial charge in [-0.2, -0.15) is 0 Å². The summed E-state index contributed by atoms with van der Waals surface area (Å²) in [6, 6.07) is 0. The van der Waals surface area contributed by atoms with Crippen molar-refractivity contribution in [3.05, 3.63) is 0 Å². The summed E-state index contributed by atoms with van der Waals surface area (Å²) in [5.41, 5.74) is 0. The van der Waals surface area contributed by atoms with E-state index in [9.17, 15) is 5.11 Å². The third kappa shape index (κ3) is 5.75. The summed E-state index contributed by atoms with van der Waals surface area (Å²) in [5, 5.41) is 16.3. The molecule has 2 fully saturated rings. The Labute approximate surface area is 117 Å². The highest BCUT2D eigenvalue weighted by Crippen LogP contribution is 2.07. The molecule has 2 heterocycles. The fourth-order valence-electron chi connectivity index (χ4n) is 3.05. The molecule has 2 rings (SSSR count). The van der Waals surface area contributed by atoms with Crippen molar-refractivity contribution in [1.82, 2.24) is 20.4 Å². The van der Waals surface area contributed by atoms with E-state index >= 15 is 0 Å². The average molecular weight is 270 g/mol. The van der Waals surface area contributed by atoms with Gasteiger partial charge in [0.05, 0.1) is 0 Å². The largest absolute Gasteiger partial charge is 0.396 e. The van der Waals surface area contributed by atoms with Crippen LogP contribution in [0.25, 0.3) is 0 Å². The third-order valence-corrected chi connectivity index (χ3v) is 4.26. The molecule has 0 radical (unpaired) electrons. The number of aliphatic hydroxyl groups is 1. The highest BCUT2D eigenvalue weighted by Gasteiger charge is 2.17. The summed E-state index contributed by atoms with van der Waals surface area (Å²) < 4.78 is 0. The molecule has 2 saturated heterocycles. The van der Waals surface area contributed by atoms with Crippen LogP contribution in [0.2, 0.25) is 0 Å². The number of nitrogens with one attached hydrogen (secondary N) is 2. The first-order valence-electron chi connectivity index (χ1n) is 7.85. The topological polar surface area (TPSA) is 50.8 Å². The summed E-state index contributed by atoms with van der Waals surface area (Å²) in [6.07, 6.45) is 2.17. The number of fused-ring (bicyclic) bond motifs is 3. The van der Waals surface area contributed by atoms with Crippen LogP contribution >= 0.6 is 0 Å². The first-order chi connectivity index (χ1) is 9.38. The molecule has 0 aromatic carbocycles. The standard InChI is InChI=1S/C14H30N4O/c19-11-2-14-12-16-5-7-17-6-1-3-15-4-8-18(13-14)10-9-17/h14-16,19H,1-13H2. The molecule has 0 aliphatic carbocycles. The zero-order valence-electron chi connectivity index (χ0n) is 12.1. The first-order valence-corrected chi connectivity index (χ1v) is 7.85. The number of hydrogen-bond acceptors (Lipinski definition) is 5. The van der Waals surface area contributed by atoms with Gasteiger partial charge < -0.3 is 25.5 Å². The van der Waals surface area contributed by atoms with E-state index in [4.69, 9.17) is 0 Å². The zero-order valence-corrected chi connectivity index (χ0v) is 12.1. The van der Waals surface area contributed by atoms with E-state index in [2.05, 4.69) is 20.4 Å². The monoisotopic (exact) mass is 270 g/mol. The second kappa shape index (κ2) is 8.87. The van der Waals surface area contributed by atoms with Crippen molar-refractivity contribution in [3.8, 4) is 0 Å². The van der Waals surface area contributed by atoms with Crippen molar-refractivity contribution >= 4 is 0 Å². The lowest BCUT2D eigenvalue weighted by Gasteiger charge is -2.33. The molecule has 3 unspecified atom stereocenters. The van der Waals surface area contributed by atoms with Gasteiger partial charge in [-0.3, -0.25) is 0 Å². The van der Waals surface area contributed by atoms with Gasteiger partial charge in [-0.15, -0.1) is 0 Å². The predicted octanol–water partition coefficient (Wildman–Crippen LogP) is -0.814. The van der Waals surface area contributed by atoms with Crippen molar-refractivity contribution in [2.75, 3.05) is 72.1 Å². The Kier molecular flexibility index (Phi) is 7.09. The molecule has 5 nitrogen and oxygen atoms in total. The van der Waals surface area contributed by atoms with Crippen LogP contribution in [0.4, 0.5) is 0 Å². The normalized spacial score (nSPS) is 34.9. The van der Waals surface area contributed by atoms with Gasteiger partial charge in [-0.25, -0.2) is 0 Å². The molecule has 0 aromatic heterocycles. The maximum absolute atomic E-state index is 9.19. The number of hydrogen-bond donors (Lipinski definition) is 3. The Morgan fingerprint density at radius 2 is 1.68 bits per heavy atom. The van der Waals surface area contributed by atoms with E-state index in [1.807, 2.05) is 0 Å². The van der Waals surface area contributed by atoms with E-state index in [0.29, 0.717) is 12.5 Å². The van der Waals surface area contributed by atoms with Crippen molar-refractivity contribution in [3.63, 3.8) is 0 Å². The van der Waals surface area contributed by atoms with Gasteiger partial charge >= 0.3 is 0 Å². The Bertz CT molecular complexity index is 239. The Hall–Kier alpha value is -0.200. The fraction of sp³-hybridized carbons (Fsp3) is 1.00. The Balaban J connectivity index is 1.93. The van der Waals surface area contributed by atoms with Gasteiger partial charge in [0.2, 0.25) is 0 Å². The molecule has 3 N–H and O–H groups in total. The molecule has 0 aromatic rings. The lowest BCUT2D eigenvalue weighted by molar-refractivity contribution is 0.149. The van der Waals surface area contributed by atoms with Crippen LogP contribution in [0.3, 0.4) is 0 Å². The van der Waals surface area contributed by atoms with Gasteiger partial charge in [0.1, 0.15) is 0 Å². The summed E-state index contributed by atoms with van der Waals surface area (Å²) in [5.74, 6) is 0.583. The van der Waals surface area contributed by atoms with Crippen molar-refractivity contribution in [2.45, 2.75) is 12.8 Å². The first kappa shape index (κ1) is 15.2. The highest BCUT2D eigenvalue weighted by molar-refractivity contribution is 4.75. The molecule has 2 bridgehead atoms. The molecular weight excluding hydrogens is 240 g/mol. The van der Waals surface area contributed by atoms with Crippen LogP contribution < -0.4 is 10.6 Å². The van der Waals surface area contributed by atoms with Gasteiger partial charge in [-0.05, 0) is 38.4 Å². The van der Waals surface area contributed by atoms with Crippen LogP contribution in [0.15, 0.2) is 0 Å². The van der Waals surface area contributed by atoms with Gasteiger partial charge in [0.15, 0.2) is 0 Å². The second-order valence-electron chi connectivity index (χ2n) is 5.83. The Morgan fingerprint density at radius 1 is 0.895 bits per heavy atom. The molecule has 0 amide bonds. The van der Waals surface area contributed by atoms with Crippen LogP contribution in [0, 0.1) is 5.92 Å². The molecule has 19 heavy (non-hydrogen) atoms. The van der Waals surface area contributed by atoms with Crippen LogP contribution in [-0.2, 0) is 0 Å². The molecule has 0 saturated carbocycles. The minimum atomic E-state index is 0.310. The fourth-order valence-corrected chi connectivity index (χ4v) is 3.05. The van der Waals surface area contributed by atoms with Crippen molar-refractivity contribution < 1.29 is 5.11 Å². The minimum absolute atomic E-state index is 0.310. The summed E-state index contributed by atoms with van der Waals surface area (Å²) in [7, 11) is 0. The molecule has 5 heteroatoms. The summed E-state index contributed by atoms with van der Waals surface area (Å²) in [6.45, 7) is 11.6. The van der Waals surface area contributed by atoms with E-state index in [1.54, 1.807) is 0 Å². The SMILES string of the molecule is OCCC1CNCCN2CCCNCCN(CC2)C1. The van der Waals surface area contributed by atoms with E-state index in [0.717, 1.165) is 52.2 Å². The molecule has 112 valence electrons.